The van der Waals surface area contributed by atoms with Crippen LogP contribution in [-0.2, 0) is 11.1 Å². The summed E-state index contributed by atoms with van der Waals surface area (Å²) < 4.78 is 12.7. The molecule has 0 fully saturated rings. The Balaban J connectivity index is 2.73. The largest absolute Gasteiger partial charge is 0.319 e. The van der Waals surface area contributed by atoms with Gasteiger partial charge in [0.1, 0.15) is 7.14 Å². The van der Waals surface area contributed by atoms with Crippen molar-refractivity contribution >= 4 is 18.7 Å². The van der Waals surface area contributed by atoms with E-state index in [1.54, 1.807) is 0 Å². The van der Waals surface area contributed by atoms with Gasteiger partial charge in [0.05, 0.1) is 12.8 Å². The van der Waals surface area contributed by atoms with Crippen molar-refractivity contribution in [2.45, 2.75) is 26.3 Å². The van der Waals surface area contributed by atoms with Crippen LogP contribution in [0.4, 0.5) is 0 Å². The molecule has 1 heterocycles. The third-order valence-corrected chi connectivity index (χ3v) is 4.90. The van der Waals surface area contributed by atoms with Gasteiger partial charge in [-0.15, -0.1) is 0 Å². The Morgan fingerprint density at radius 2 is 2.00 bits per heavy atom. The van der Waals surface area contributed by atoms with Crippen molar-refractivity contribution in [2.75, 3.05) is 20.4 Å². The molecule has 0 saturated heterocycles. The zero-order valence-corrected chi connectivity index (χ0v) is 12.7. The van der Waals surface area contributed by atoms with Gasteiger partial charge in [-0.05, 0) is 30.4 Å². The van der Waals surface area contributed by atoms with Crippen LogP contribution in [0.3, 0.4) is 0 Å². The first-order valence-electron chi connectivity index (χ1n) is 6.27. The minimum Gasteiger partial charge on any atom is -0.319 e. The van der Waals surface area contributed by atoms with Crippen molar-refractivity contribution in [3.05, 3.63) is 28.8 Å². The lowest BCUT2D eigenvalue weighted by Crippen LogP contribution is -2.27. The molecule has 1 aromatic carbocycles. The summed E-state index contributed by atoms with van der Waals surface area (Å²) in [4.78, 5) is 0. The van der Waals surface area contributed by atoms with E-state index < -0.39 is 7.14 Å². The van der Waals surface area contributed by atoms with Crippen LogP contribution in [0.5, 0.6) is 0 Å². The van der Waals surface area contributed by atoms with Gasteiger partial charge in [0.2, 0.25) is 0 Å². The summed E-state index contributed by atoms with van der Waals surface area (Å²) in [5, 5.41) is 7.24. The molecule has 0 radical (unpaired) electrons. The summed E-state index contributed by atoms with van der Waals surface area (Å²) in [5.74, 6) is 0.391. The highest BCUT2D eigenvalue weighted by Gasteiger charge is 2.25. The molecule has 4 heteroatoms. The average molecular weight is 264 g/mol. The molecule has 0 atom stereocenters. The zero-order chi connectivity index (χ0) is 13.5. The Hall–Kier alpha value is -1.08. The molecule has 0 N–H and O–H groups in total. The minimum atomic E-state index is -2.28. The second kappa shape index (κ2) is 4.55. The van der Waals surface area contributed by atoms with E-state index in [4.69, 9.17) is 0 Å². The lowest BCUT2D eigenvalue weighted by atomic mass is 9.96. The van der Waals surface area contributed by atoms with E-state index in [-0.39, 0.29) is 0 Å². The van der Waals surface area contributed by atoms with Crippen molar-refractivity contribution in [1.82, 2.24) is 5.01 Å². The van der Waals surface area contributed by atoms with Crippen molar-refractivity contribution in [3.63, 3.8) is 0 Å². The van der Waals surface area contributed by atoms with E-state index in [9.17, 15) is 4.57 Å². The summed E-state index contributed by atoms with van der Waals surface area (Å²) in [6.07, 6.45) is 1.86. The quantitative estimate of drug-likeness (QED) is 0.769. The molecule has 0 amide bonds. The van der Waals surface area contributed by atoms with Gasteiger partial charge in [-0.2, -0.15) is 5.10 Å². The Kier molecular flexibility index (Phi) is 3.37. The van der Waals surface area contributed by atoms with E-state index in [2.05, 4.69) is 31.1 Å². The monoisotopic (exact) mass is 264 g/mol. The normalized spacial score (nSPS) is 15.1. The van der Waals surface area contributed by atoms with Crippen LogP contribution in [-0.4, -0.2) is 31.6 Å². The first-order valence-corrected chi connectivity index (χ1v) is 8.87. The summed E-state index contributed by atoms with van der Waals surface area (Å²) >= 11 is 0. The number of benzene rings is 1. The maximum atomic E-state index is 12.7. The van der Waals surface area contributed by atoms with E-state index >= 15 is 0 Å². The number of hydrazone groups is 1. The third kappa shape index (κ3) is 2.37. The molecule has 0 saturated carbocycles. The van der Waals surface area contributed by atoms with Crippen LogP contribution in [0.25, 0.3) is 0 Å². The van der Waals surface area contributed by atoms with Gasteiger partial charge in [0.15, 0.2) is 0 Å². The number of hydrogen-bond donors (Lipinski definition) is 0. The van der Waals surface area contributed by atoms with Gasteiger partial charge < -0.3 is 4.57 Å². The van der Waals surface area contributed by atoms with Crippen LogP contribution < -0.4 is 5.30 Å². The minimum absolute atomic E-state index is 0.391. The van der Waals surface area contributed by atoms with Gasteiger partial charge in [-0.3, -0.25) is 5.01 Å². The summed E-state index contributed by atoms with van der Waals surface area (Å²) in [5.41, 5.74) is 3.51. The Labute approximate surface area is 109 Å². The predicted molar refractivity (Wildman–Crippen MR) is 78.7 cm³/mol. The highest BCUT2D eigenvalue weighted by molar-refractivity contribution is 7.70. The fourth-order valence-corrected chi connectivity index (χ4v) is 4.29. The molecule has 18 heavy (non-hydrogen) atoms. The lowest BCUT2D eigenvalue weighted by Gasteiger charge is -2.27. The second-order valence-corrected chi connectivity index (χ2v) is 8.79. The number of nitrogens with zero attached hydrogens (tertiary/aromatic N) is 2. The molecule has 0 bridgehead atoms. The van der Waals surface area contributed by atoms with Gasteiger partial charge in [-0.25, -0.2) is 0 Å². The van der Waals surface area contributed by atoms with E-state index in [0.29, 0.717) is 5.92 Å². The number of rotatable bonds is 2. The standard InChI is InChI=1S/C14H21N2OP/c1-10(2)12-7-6-11-8-15-16(3)9-13(11)14(12)18(4,5)17/h6-8,10H,9H2,1-5H3. The molecular formula is C14H21N2OP. The molecule has 1 aliphatic rings. The van der Waals surface area contributed by atoms with Crippen LogP contribution >= 0.6 is 7.14 Å². The Bertz CT molecular complexity index is 543. The Morgan fingerprint density at radius 1 is 1.33 bits per heavy atom. The average Bonchev–Trinajstić information content (AvgIpc) is 2.25. The molecule has 2 rings (SSSR count). The van der Waals surface area contributed by atoms with Gasteiger partial charge in [0, 0.05) is 17.9 Å². The van der Waals surface area contributed by atoms with Crippen LogP contribution in [0.1, 0.15) is 36.5 Å². The molecular weight excluding hydrogens is 243 g/mol. The molecule has 0 unspecified atom stereocenters. The highest BCUT2D eigenvalue weighted by Crippen LogP contribution is 2.40. The maximum absolute atomic E-state index is 12.7. The molecule has 1 aromatic rings. The van der Waals surface area contributed by atoms with Crippen molar-refractivity contribution in [1.29, 1.82) is 0 Å². The van der Waals surface area contributed by atoms with Gasteiger partial charge >= 0.3 is 0 Å². The van der Waals surface area contributed by atoms with Crippen molar-refractivity contribution in [2.24, 2.45) is 5.10 Å². The lowest BCUT2D eigenvalue weighted by molar-refractivity contribution is 0.344. The molecule has 0 spiro atoms. The van der Waals surface area contributed by atoms with E-state index in [1.807, 2.05) is 31.6 Å². The smallest absolute Gasteiger partial charge is 0.110 e. The molecule has 98 valence electrons. The molecule has 3 nitrogen and oxygen atoms in total. The van der Waals surface area contributed by atoms with Gasteiger partial charge in [0.25, 0.3) is 0 Å². The first kappa shape index (κ1) is 13.4. The van der Waals surface area contributed by atoms with E-state index in [0.717, 1.165) is 17.4 Å². The van der Waals surface area contributed by atoms with Gasteiger partial charge in [-0.1, -0.05) is 26.0 Å². The predicted octanol–water partition coefficient (Wildman–Crippen LogP) is 2.84. The molecule has 1 aliphatic heterocycles. The summed E-state index contributed by atoms with van der Waals surface area (Å²) in [7, 11) is -0.339. The SMILES string of the molecule is CC(C)c1ccc2c(c1P(C)(C)=O)CN(C)N=C2. The first-order chi connectivity index (χ1) is 8.30. The molecule has 0 aliphatic carbocycles. The topological polar surface area (TPSA) is 32.7 Å². The zero-order valence-electron chi connectivity index (χ0n) is 11.8. The number of hydrogen-bond acceptors (Lipinski definition) is 3. The Morgan fingerprint density at radius 3 is 2.56 bits per heavy atom. The highest BCUT2D eigenvalue weighted by atomic mass is 31.2. The molecule has 0 aromatic heterocycles. The number of fused-ring (bicyclic) bond motifs is 1. The third-order valence-electron chi connectivity index (χ3n) is 3.29. The maximum Gasteiger partial charge on any atom is 0.110 e. The van der Waals surface area contributed by atoms with Crippen molar-refractivity contribution in [3.8, 4) is 0 Å². The second-order valence-electron chi connectivity index (χ2n) is 5.64. The van der Waals surface area contributed by atoms with Crippen LogP contribution in [0, 0.1) is 0 Å². The summed E-state index contributed by atoms with van der Waals surface area (Å²) in [6, 6.07) is 4.20. The van der Waals surface area contributed by atoms with Crippen LogP contribution in [0.15, 0.2) is 17.2 Å². The van der Waals surface area contributed by atoms with Crippen molar-refractivity contribution < 1.29 is 4.57 Å². The van der Waals surface area contributed by atoms with E-state index in [1.165, 1.54) is 11.1 Å². The summed E-state index contributed by atoms with van der Waals surface area (Å²) in [6.45, 7) is 8.77. The fourth-order valence-electron chi connectivity index (χ4n) is 2.49. The fraction of sp³-hybridized carbons (Fsp3) is 0.500. The van der Waals surface area contributed by atoms with Crippen LogP contribution in [0.2, 0.25) is 0 Å².